The van der Waals surface area contributed by atoms with Gasteiger partial charge in [-0.1, -0.05) is 18.2 Å². The number of rotatable bonds is 7. The van der Waals surface area contributed by atoms with Gasteiger partial charge in [0, 0.05) is 50.4 Å². The van der Waals surface area contributed by atoms with Crippen LogP contribution in [-0.2, 0) is 16.0 Å². The van der Waals surface area contributed by atoms with Gasteiger partial charge in [0.25, 0.3) is 5.91 Å². The van der Waals surface area contributed by atoms with Gasteiger partial charge in [0.05, 0.1) is 17.2 Å². The molecule has 1 saturated carbocycles. The maximum Gasteiger partial charge on any atom is 0.257 e. The van der Waals surface area contributed by atoms with Crippen molar-refractivity contribution < 1.29 is 14.4 Å². The molecule has 0 bridgehead atoms. The van der Waals surface area contributed by atoms with Crippen molar-refractivity contribution >= 4 is 29.4 Å². The fourth-order valence-corrected chi connectivity index (χ4v) is 4.43. The first kappa shape index (κ1) is 21.4. The van der Waals surface area contributed by atoms with E-state index in [4.69, 9.17) is 0 Å². The van der Waals surface area contributed by atoms with Crippen molar-refractivity contribution in [1.82, 2.24) is 20.2 Å². The standard InChI is InChI=1S/C24H28N6O3/c31-21-13-17(16-5-1-2-6-19(16)28-21)22(32)25-10-9-20-18(23(33)30-11-3-4-12-30)14-26-24(29-20)27-15-7-8-15/h1-2,5-6,14-15,17H,3-4,7-13H2,(H,25,32)(H,28,31)(H,26,27,29)/t17-/m0/s1. The Morgan fingerprint density at radius 2 is 1.94 bits per heavy atom. The van der Waals surface area contributed by atoms with Gasteiger partial charge >= 0.3 is 0 Å². The van der Waals surface area contributed by atoms with E-state index in [-0.39, 0.29) is 24.1 Å². The third-order valence-corrected chi connectivity index (χ3v) is 6.38. The second kappa shape index (κ2) is 9.17. The van der Waals surface area contributed by atoms with Gasteiger partial charge in [-0.3, -0.25) is 14.4 Å². The Kier molecular flexibility index (Phi) is 5.93. The molecule has 0 spiro atoms. The molecule has 1 aromatic carbocycles. The third-order valence-electron chi connectivity index (χ3n) is 6.38. The van der Waals surface area contributed by atoms with Crippen LogP contribution < -0.4 is 16.0 Å². The van der Waals surface area contributed by atoms with E-state index < -0.39 is 5.92 Å². The van der Waals surface area contributed by atoms with Crippen LogP contribution in [0.3, 0.4) is 0 Å². The van der Waals surface area contributed by atoms with Gasteiger partial charge in [0.15, 0.2) is 0 Å². The Morgan fingerprint density at radius 1 is 1.15 bits per heavy atom. The number of anilines is 2. The summed E-state index contributed by atoms with van der Waals surface area (Å²) in [6.45, 7) is 1.82. The number of nitrogens with zero attached hydrogens (tertiary/aromatic N) is 3. The SMILES string of the molecule is O=C1C[C@H](C(=O)NCCc2nc(NC3CC3)ncc2C(=O)N2CCCC2)c2ccccc2N1. The summed E-state index contributed by atoms with van der Waals surface area (Å²) >= 11 is 0. The van der Waals surface area contributed by atoms with Crippen LogP contribution in [0, 0.1) is 0 Å². The molecule has 2 fully saturated rings. The van der Waals surface area contributed by atoms with E-state index in [0.29, 0.717) is 41.9 Å². The summed E-state index contributed by atoms with van der Waals surface area (Å²) in [7, 11) is 0. The van der Waals surface area contributed by atoms with Gasteiger partial charge in [0.1, 0.15) is 0 Å². The number of para-hydroxylation sites is 1. The van der Waals surface area contributed by atoms with Crippen LogP contribution in [0.15, 0.2) is 30.5 Å². The maximum atomic E-state index is 13.0. The van der Waals surface area contributed by atoms with Crippen molar-refractivity contribution in [2.24, 2.45) is 0 Å². The Morgan fingerprint density at radius 3 is 2.73 bits per heavy atom. The Hall–Kier alpha value is -3.49. The molecule has 3 heterocycles. The van der Waals surface area contributed by atoms with Crippen LogP contribution in [0.4, 0.5) is 11.6 Å². The molecule has 172 valence electrons. The summed E-state index contributed by atoms with van der Waals surface area (Å²) in [6, 6.07) is 7.77. The topological polar surface area (TPSA) is 116 Å². The minimum atomic E-state index is -0.529. The summed E-state index contributed by atoms with van der Waals surface area (Å²) in [6.07, 6.45) is 6.34. The highest BCUT2D eigenvalue weighted by atomic mass is 16.2. The van der Waals surface area contributed by atoms with Crippen LogP contribution in [0.5, 0.6) is 0 Å². The zero-order valence-electron chi connectivity index (χ0n) is 18.5. The number of nitrogens with one attached hydrogen (secondary N) is 3. The quantitative estimate of drug-likeness (QED) is 0.597. The van der Waals surface area contributed by atoms with Crippen molar-refractivity contribution in [2.75, 3.05) is 30.3 Å². The van der Waals surface area contributed by atoms with Gasteiger partial charge in [-0.25, -0.2) is 9.97 Å². The molecule has 3 aliphatic rings. The molecule has 2 aliphatic heterocycles. The fraction of sp³-hybridized carbons (Fsp3) is 0.458. The largest absolute Gasteiger partial charge is 0.355 e. The molecule has 9 nitrogen and oxygen atoms in total. The van der Waals surface area contributed by atoms with Crippen molar-refractivity contribution in [3.63, 3.8) is 0 Å². The van der Waals surface area contributed by atoms with E-state index >= 15 is 0 Å². The smallest absolute Gasteiger partial charge is 0.257 e. The predicted octanol–water partition coefficient (Wildman–Crippen LogP) is 2.07. The van der Waals surface area contributed by atoms with Crippen LogP contribution in [0.2, 0.25) is 0 Å². The highest BCUT2D eigenvalue weighted by Crippen LogP contribution is 2.32. The first-order chi connectivity index (χ1) is 16.1. The van der Waals surface area contributed by atoms with E-state index in [1.807, 2.05) is 23.1 Å². The average molecular weight is 449 g/mol. The number of likely N-dealkylation sites (tertiary alicyclic amines) is 1. The molecule has 5 rings (SSSR count). The second-order valence-corrected chi connectivity index (χ2v) is 8.91. The number of fused-ring (bicyclic) bond motifs is 1. The molecule has 33 heavy (non-hydrogen) atoms. The van der Waals surface area contributed by atoms with Crippen molar-refractivity contribution in [1.29, 1.82) is 0 Å². The van der Waals surface area contributed by atoms with Gasteiger partial charge in [0.2, 0.25) is 17.8 Å². The molecular weight excluding hydrogens is 420 g/mol. The minimum Gasteiger partial charge on any atom is -0.355 e. The van der Waals surface area contributed by atoms with Crippen LogP contribution in [0.25, 0.3) is 0 Å². The molecular formula is C24H28N6O3. The number of hydrogen-bond acceptors (Lipinski definition) is 6. The zero-order valence-corrected chi connectivity index (χ0v) is 18.5. The molecule has 0 radical (unpaired) electrons. The fourth-order valence-electron chi connectivity index (χ4n) is 4.43. The Balaban J connectivity index is 1.28. The van der Waals surface area contributed by atoms with Gasteiger partial charge in [-0.05, 0) is 37.3 Å². The number of amides is 3. The highest BCUT2D eigenvalue weighted by molar-refractivity contribution is 6.01. The maximum absolute atomic E-state index is 13.0. The first-order valence-corrected chi connectivity index (χ1v) is 11.7. The number of carbonyl (C=O) groups is 3. The average Bonchev–Trinajstić information content (AvgIpc) is 3.46. The lowest BCUT2D eigenvalue weighted by atomic mass is 9.90. The molecule has 9 heteroatoms. The van der Waals surface area contributed by atoms with Gasteiger partial charge < -0.3 is 20.9 Å². The van der Waals surface area contributed by atoms with Gasteiger partial charge in [-0.15, -0.1) is 0 Å². The number of aromatic nitrogens is 2. The molecule has 0 unspecified atom stereocenters. The van der Waals surface area contributed by atoms with E-state index in [1.54, 1.807) is 12.3 Å². The van der Waals surface area contributed by atoms with E-state index in [2.05, 4.69) is 25.9 Å². The lowest BCUT2D eigenvalue weighted by molar-refractivity contribution is -0.126. The van der Waals surface area contributed by atoms with Crippen molar-refractivity contribution in [2.45, 2.75) is 50.5 Å². The highest BCUT2D eigenvalue weighted by Gasteiger charge is 2.30. The predicted molar refractivity (Wildman–Crippen MR) is 123 cm³/mol. The second-order valence-electron chi connectivity index (χ2n) is 8.91. The molecule has 3 amide bonds. The summed E-state index contributed by atoms with van der Waals surface area (Å²) in [4.78, 5) is 48.8. The number of benzene rings is 1. The lowest BCUT2D eigenvalue weighted by Crippen LogP contribution is -2.36. The molecule has 1 aliphatic carbocycles. The van der Waals surface area contributed by atoms with E-state index in [0.717, 1.165) is 44.3 Å². The summed E-state index contributed by atoms with van der Waals surface area (Å²) in [5.74, 6) is -0.424. The van der Waals surface area contributed by atoms with Crippen molar-refractivity contribution in [3.05, 3.63) is 47.3 Å². The third kappa shape index (κ3) is 4.81. The molecule has 1 aromatic heterocycles. The summed E-state index contributed by atoms with van der Waals surface area (Å²) < 4.78 is 0. The zero-order chi connectivity index (χ0) is 22.8. The lowest BCUT2D eigenvalue weighted by Gasteiger charge is -2.24. The molecule has 1 saturated heterocycles. The minimum absolute atomic E-state index is 0.0512. The molecule has 1 atom stereocenters. The van der Waals surface area contributed by atoms with Crippen LogP contribution >= 0.6 is 0 Å². The monoisotopic (exact) mass is 448 g/mol. The Labute approximate surface area is 192 Å². The molecule has 3 N–H and O–H groups in total. The molecule has 2 aromatic rings. The summed E-state index contributed by atoms with van der Waals surface area (Å²) in [5.41, 5.74) is 2.62. The normalized spacial score (nSPS) is 19.6. The first-order valence-electron chi connectivity index (χ1n) is 11.7. The number of hydrogen-bond donors (Lipinski definition) is 3. The van der Waals surface area contributed by atoms with Gasteiger partial charge in [-0.2, -0.15) is 0 Å². The Bertz CT molecular complexity index is 1080. The van der Waals surface area contributed by atoms with Crippen molar-refractivity contribution in [3.8, 4) is 0 Å². The number of carbonyl (C=O) groups excluding carboxylic acids is 3. The van der Waals surface area contributed by atoms with Crippen LogP contribution in [0.1, 0.15) is 59.6 Å². The van der Waals surface area contributed by atoms with Crippen LogP contribution in [-0.4, -0.2) is 58.3 Å². The van der Waals surface area contributed by atoms with E-state index in [1.165, 1.54) is 0 Å². The summed E-state index contributed by atoms with van der Waals surface area (Å²) in [5, 5.41) is 9.04. The van der Waals surface area contributed by atoms with E-state index in [9.17, 15) is 14.4 Å².